The van der Waals surface area contributed by atoms with Gasteiger partial charge in [0.2, 0.25) is 0 Å². The minimum absolute atomic E-state index is 0.133. The first-order chi connectivity index (χ1) is 9.04. The Morgan fingerprint density at radius 1 is 1.21 bits per heavy atom. The van der Waals surface area contributed by atoms with Crippen LogP contribution in [0.25, 0.3) is 0 Å². The van der Waals surface area contributed by atoms with Crippen molar-refractivity contribution in [2.45, 2.75) is 45.1 Å². The average Bonchev–Trinajstić information content (AvgIpc) is 3.10. The normalized spacial score (nSPS) is 31.3. The van der Waals surface area contributed by atoms with Crippen LogP contribution < -0.4 is 5.32 Å². The molecule has 2 fully saturated rings. The Labute approximate surface area is 116 Å². The fraction of sp³-hybridized carbons (Fsp3) is 0.933. The second-order valence-corrected chi connectivity index (χ2v) is 6.67. The van der Waals surface area contributed by atoms with Gasteiger partial charge in [-0.15, -0.1) is 0 Å². The highest BCUT2D eigenvalue weighted by molar-refractivity contribution is 5.67. The summed E-state index contributed by atoms with van der Waals surface area (Å²) < 4.78 is 5.58. The van der Waals surface area contributed by atoms with Gasteiger partial charge in [0.1, 0.15) is 6.10 Å². The van der Waals surface area contributed by atoms with Crippen LogP contribution >= 0.6 is 0 Å². The van der Waals surface area contributed by atoms with Crippen molar-refractivity contribution in [1.29, 1.82) is 0 Å². The van der Waals surface area contributed by atoms with E-state index in [4.69, 9.17) is 4.74 Å². The summed E-state index contributed by atoms with van der Waals surface area (Å²) in [5.74, 6) is 2.41. The Morgan fingerprint density at radius 2 is 1.95 bits per heavy atom. The molecule has 0 spiro atoms. The van der Waals surface area contributed by atoms with Gasteiger partial charge in [0.25, 0.3) is 0 Å². The van der Waals surface area contributed by atoms with Crippen LogP contribution in [0.15, 0.2) is 0 Å². The van der Waals surface area contributed by atoms with Crippen molar-refractivity contribution in [1.82, 2.24) is 10.2 Å². The molecule has 19 heavy (non-hydrogen) atoms. The molecule has 4 nitrogen and oxygen atoms in total. The zero-order valence-electron chi connectivity index (χ0n) is 12.5. The predicted molar refractivity (Wildman–Crippen MR) is 76.1 cm³/mol. The number of nitrogens with one attached hydrogen (secondary N) is 1. The number of carbonyl (C=O) groups is 1. The molecule has 3 unspecified atom stereocenters. The van der Waals surface area contributed by atoms with Crippen LogP contribution in [0.5, 0.6) is 0 Å². The number of ether oxygens (including phenoxy) is 1. The maximum absolute atomic E-state index is 11.7. The Morgan fingerprint density at radius 3 is 2.58 bits per heavy atom. The highest BCUT2D eigenvalue weighted by Crippen LogP contribution is 2.45. The number of carbonyl (C=O) groups excluding carboxylic acids is 1. The van der Waals surface area contributed by atoms with Gasteiger partial charge in [0, 0.05) is 13.1 Å². The summed E-state index contributed by atoms with van der Waals surface area (Å²) in [6, 6.07) is 0. The fourth-order valence-electron chi connectivity index (χ4n) is 3.22. The standard InChI is InChI=1S/C15H28N2O2/c1-11-8-13(12-4-5-12)10-14(9-11)19-15(18)16-6-7-17(2)3/h11-14H,4-10H2,1-3H3,(H,16,18). The van der Waals surface area contributed by atoms with Gasteiger partial charge in [0.15, 0.2) is 0 Å². The van der Waals surface area contributed by atoms with E-state index in [9.17, 15) is 4.79 Å². The molecule has 0 heterocycles. The van der Waals surface area contributed by atoms with Crippen molar-refractivity contribution in [3.8, 4) is 0 Å². The van der Waals surface area contributed by atoms with Crippen LogP contribution in [-0.4, -0.2) is 44.3 Å². The molecular weight excluding hydrogens is 240 g/mol. The van der Waals surface area contributed by atoms with Crippen LogP contribution in [0.2, 0.25) is 0 Å². The lowest BCUT2D eigenvalue weighted by atomic mass is 9.78. The molecule has 4 heteroatoms. The van der Waals surface area contributed by atoms with Gasteiger partial charge in [-0.2, -0.15) is 0 Å². The van der Waals surface area contributed by atoms with Gasteiger partial charge < -0.3 is 15.0 Å². The van der Waals surface area contributed by atoms with Crippen molar-refractivity contribution in [2.24, 2.45) is 17.8 Å². The van der Waals surface area contributed by atoms with Crippen LogP contribution in [0.1, 0.15) is 39.0 Å². The molecule has 0 aromatic rings. The average molecular weight is 268 g/mol. The summed E-state index contributed by atoms with van der Waals surface area (Å²) in [6.07, 6.45) is 6.11. The monoisotopic (exact) mass is 268 g/mol. The van der Waals surface area contributed by atoms with E-state index in [2.05, 4.69) is 12.2 Å². The lowest BCUT2D eigenvalue weighted by Crippen LogP contribution is -2.37. The predicted octanol–water partition coefficient (Wildman–Crippen LogP) is 2.49. The fourth-order valence-corrected chi connectivity index (χ4v) is 3.22. The van der Waals surface area contributed by atoms with Crippen LogP contribution in [0, 0.1) is 17.8 Å². The summed E-state index contributed by atoms with van der Waals surface area (Å²) in [7, 11) is 3.99. The van der Waals surface area contributed by atoms with Crippen molar-refractivity contribution < 1.29 is 9.53 Å². The third kappa shape index (κ3) is 5.01. The summed E-state index contributed by atoms with van der Waals surface area (Å²) in [5.41, 5.74) is 0. The zero-order chi connectivity index (χ0) is 13.8. The topological polar surface area (TPSA) is 41.6 Å². The summed E-state index contributed by atoms with van der Waals surface area (Å²) in [6.45, 7) is 3.79. The Balaban J connectivity index is 1.70. The Bertz CT molecular complexity index is 303. The van der Waals surface area contributed by atoms with Gasteiger partial charge in [-0.3, -0.25) is 0 Å². The molecule has 0 aromatic heterocycles. The first kappa shape index (κ1) is 14.6. The third-order valence-electron chi connectivity index (χ3n) is 4.33. The maximum atomic E-state index is 11.7. The lowest BCUT2D eigenvalue weighted by Gasteiger charge is -2.33. The molecular formula is C15H28N2O2. The maximum Gasteiger partial charge on any atom is 0.407 e. The molecule has 0 saturated heterocycles. The third-order valence-corrected chi connectivity index (χ3v) is 4.33. The molecule has 110 valence electrons. The van der Waals surface area contributed by atoms with E-state index in [-0.39, 0.29) is 12.2 Å². The zero-order valence-corrected chi connectivity index (χ0v) is 12.5. The van der Waals surface area contributed by atoms with Crippen LogP contribution in [0.4, 0.5) is 4.79 Å². The number of alkyl carbamates (subject to hydrolysis) is 1. The number of amides is 1. The molecule has 1 amide bonds. The number of hydrogen-bond donors (Lipinski definition) is 1. The highest BCUT2D eigenvalue weighted by atomic mass is 16.6. The van der Waals surface area contributed by atoms with E-state index in [0.717, 1.165) is 31.2 Å². The van der Waals surface area contributed by atoms with Gasteiger partial charge >= 0.3 is 6.09 Å². The minimum atomic E-state index is -0.240. The molecule has 1 N–H and O–H groups in total. The van der Waals surface area contributed by atoms with Crippen molar-refractivity contribution in [3.63, 3.8) is 0 Å². The quantitative estimate of drug-likeness (QED) is 0.833. The molecule has 0 aliphatic heterocycles. The number of nitrogens with zero attached hydrogens (tertiary/aromatic N) is 1. The molecule has 3 atom stereocenters. The van der Waals surface area contributed by atoms with Crippen molar-refractivity contribution in [3.05, 3.63) is 0 Å². The molecule has 0 bridgehead atoms. The van der Waals surface area contributed by atoms with E-state index in [0.29, 0.717) is 12.5 Å². The Hall–Kier alpha value is -0.770. The van der Waals surface area contributed by atoms with Crippen molar-refractivity contribution >= 4 is 6.09 Å². The SMILES string of the molecule is CC1CC(OC(=O)NCCN(C)C)CC(C2CC2)C1. The van der Waals surface area contributed by atoms with Gasteiger partial charge in [-0.25, -0.2) is 4.79 Å². The molecule has 2 aliphatic carbocycles. The molecule has 0 aromatic carbocycles. The van der Waals surface area contributed by atoms with E-state index >= 15 is 0 Å². The number of likely N-dealkylation sites (N-methyl/N-ethyl adjacent to an activating group) is 1. The second kappa shape index (κ2) is 6.60. The second-order valence-electron chi connectivity index (χ2n) is 6.67. The summed E-state index contributed by atoms with van der Waals surface area (Å²) in [5, 5.41) is 2.83. The van der Waals surface area contributed by atoms with Crippen molar-refractivity contribution in [2.75, 3.05) is 27.2 Å². The number of rotatable bonds is 5. The molecule has 2 rings (SSSR count). The highest BCUT2D eigenvalue weighted by Gasteiger charge is 2.38. The summed E-state index contributed by atoms with van der Waals surface area (Å²) >= 11 is 0. The largest absolute Gasteiger partial charge is 0.446 e. The lowest BCUT2D eigenvalue weighted by molar-refractivity contribution is 0.0389. The van der Waals surface area contributed by atoms with E-state index in [1.165, 1.54) is 19.3 Å². The van der Waals surface area contributed by atoms with Crippen LogP contribution in [-0.2, 0) is 4.74 Å². The Kier molecular flexibility index (Phi) is 5.08. The smallest absolute Gasteiger partial charge is 0.407 e. The van der Waals surface area contributed by atoms with Crippen LogP contribution in [0.3, 0.4) is 0 Å². The minimum Gasteiger partial charge on any atom is -0.446 e. The van der Waals surface area contributed by atoms with Gasteiger partial charge in [-0.1, -0.05) is 6.92 Å². The van der Waals surface area contributed by atoms with Gasteiger partial charge in [0.05, 0.1) is 0 Å². The first-order valence-corrected chi connectivity index (χ1v) is 7.63. The van der Waals surface area contributed by atoms with E-state index in [1.807, 2.05) is 19.0 Å². The van der Waals surface area contributed by atoms with E-state index in [1.54, 1.807) is 0 Å². The first-order valence-electron chi connectivity index (χ1n) is 7.63. The van der Waals surface area contributed by atoms with E-state index < -0.39 is 0 Å². The molecule has 2 aliphatic rings. The molecule has 0 radical (unpaired) electrons. The van der Waals surface area contributed by atoms with Gasteiger partial charge in [-0.05, 0) is 64.0 Å². The number of hydrogen-bond acceptors (Lipinski definition) is 3. The molecule has 2 saturated carbocycles. The summed E-state index contributed by atoms with van der Waals surface area (Å²) in [4.78, 5) is 13.8.